The van der Waals surface area contributed by atoms with Crippen molar-refractivity contribution in [2.24, 2.45) is 0 Å². The van der Waals surface area contributed by atoms with Gasteiger partial charge >= 0.3 is 0 Å². The molecule has 0 aliphatic carbocycles. The number of ether oxygens (including phenoxy) is 1. The summed E-state index contributed by atoms with van der Waals surface area (Å²) in [6.45, 7) is 2.12. The third-order valence-corrected chi connectivity index (χ3v) is 4.90. The molecular weight excluding hydrogens is 374 g/mol. The number of ketones is 1. The highest BCUT2D eigenvalue weighted by atomic mass is 32.1. The second-order valence-electron chi connectivity index (χ2n) is 6.04. The van der Waals surface area contributed by atoms with E-state index in [0.717, 1.165) is 22.7 Å². The molecule has 1 heterocycles. The molecule has 0 radical (unpaired) electrons. The lowest BCUT2D eigenvalue weighted by Crippen LogP contribution is -2.13. The Labute approximate surface area is 167 Å². The number of Topliss-reactive ketones (excluding diaryl/α,β-unsaturated/α-hetero) is 1. The van der Waals surface area contributed by atoms with Crippen LogP contribution in [0.25, 0.3) is 11.3 Å². The van der Waals surface area contributed by atoms with Crippen LogP contribution in [0.15, 0.2) is 53.9 Å². The predicted octanol–water partition coefficient (Wildman–Crippen LogP) is 4.46. The average Bonchev–Trinajstić information content (AvgIpc) is 3.20. The molecule has 0 saturated carbocycles. The van der Waals surface area contributed by atoms with Gasteiger partial charge in [0, 0.05) is 28.6 Å². The lowest BCUT2D eigenvalue weighted by Gasteiger charge is -2.06. The van der Waals surface area contributed by atoms with Crippen LogP contribution in [0.4, 0.5) is 10.8 Å². The Bertz CT molecular complexity index is 950. The van der Waals surface area contributed by atoms with Gasteiger partial charge in [-0.05, 0) is 48.5 Å². The van der Waals surface area contributed by atoms with Gasteiger partial charge in [0.05, 0.1) is 19.3 Å². The molecule has 0 bridgehead atoms. The summed E-state index contributed by atoms with van der Waals surface area (Å²) in [5, 5.41) is 8.29. The number of nitrogens with zero attached hydrogens (tertiary/aromatic N) is 1. The Morgan fingerprint density at radius 2 is 1.79 bits per heavy atom. The topological polar surface area (TPSA) is 80.3 Å². The van der Waals surface area contributed by atoms with Crippen molar-refractivity contribution in [2.75, 3.05) is 24.3 Å². The summed E-state index contributed by atoms with van der Waals surface area (Å²) in [6.07, 6.45) is 0.500. The summed E-state index contributed by atoms with van der Waals surface area (Å²) >= 11 is 1.37. The van der Waals surface area contributed by atoms with Crippen LogP contribution < -0.4 is 15.4 Å². The van der Waals surface area contributed by atoms with Gasteiger partial charge in [0.15, 0.2) is 10.9 Å². The van der Waals surface area contributed by atoms with E-state index in [-0.39, 0.29) is 18.2 Å². The molecule has 144 valence electrons. The van der Waals surface area contributed by atoms with Crippen molar-refractivity contribution in [2.45, 2.75) is 13.3 Å². The first-order valence-corrected chi connectivity index (χ1v) is 9.74. The second-order valence-corrected chi connectivity index (χ2v) is 6.90. The molecule has 0 fully saturated rings. The minimum absolute atomic E-state index is 0.137. The maximum Gasteiger partial charge on any atom is 0.257 e. The van der Waals surface area contributed by atoms with Gasteiger partial charge in [0.2, 0.25) is 0 Å². The van der Waals surface area contributed by atoms with Crippen LogP contribution in [0.5, 0.6) is 5.75 Å². The largest absolute Gasteiger partial charge is 0.497 e. The number of hydrogen-bond acceptors (Lipinski definition) is 6. The molecule has 0 spiro atoms. The van der Waals surface area contributed by atoms with Crippen molar-refractivity contribution in [1.29, 1.82) is 0 Å². The summed E-state index contributed by atoms with van der Waals surface area (Å²) in [7, 11) is 1.62. The monoisotopic (exact) mass is 395 g/mol. The van der Waals surface area contributed by atoms with Gasteiger partial charge in [-0.25, -0.2) is 4.98 Å². The summed E-state index contributed by atoms with van der Waals surface area (Å²) in [6, 6.07) is 14.6. The zero-order chi connectivity index (χ0) is 19.9. The number of methoxy groups -OCH3 is 1. The average molecular weight is 395 g/mol. The molecule has 7 heteroatoms. The van der Waals surface area contributed by atoms with Crippen LogP contribution in [0.2, 0.25) is 0 Å². The van der Waals surface area contributed by atoms with E-state index in [0.29, 0.717) is 17.1 Å². The first-order valence-electron chi connectivity index (χ1n) is 8.86. The molecule has 3 rings (SSSR count). The Morgan fingerprint density at radius 3 is 2.43 bits per heavy atom. The molecule has 28 heavy (non-hydrogen) atoms. The van der Waals surface area contributed by atoms with E-state index in [1.165, 1.54) is 11.3 Å². The van der Waals surface area contributed by atoms with Crippen molar-refractivity contribution in [1.82, 2.24) is 4.98 Å². The smallest absolute Gasteiger partial charge is 0.257 e. The molecule has 1 amide bonds. The second kappa shape index (κ2) is 9.14. The lowest BCUT2D eigenvalue weighted by atomic mass is 10.2. The van der Waals surface area contributed by atoms with Crippen LogP contribution in [0, 0.1) is 0 Å². The molecule has 2 N–H and O–H groups in total. The molecule has 0 aliphatic heterocycles. The van der Waals surface area contributed by atoms with Crippen LogP contribution in [-0.2, 0) is 4.79 Å². The summed E-state index contributed by atoms with van der Waals surface area (Å²) in [5.74, 6) is 0.689. The van der Waals surface area contributed by atoms with Crippen molar-refractivity contribution in [3.8, 4) is 17.0 Å². The number of carbonyl (C=O) groups excluding carboxylic acids is 2. The van der Waals surface area contributed by atoms with Crippen molar-refractivity contribution < 1.29 is 14.3 Å². The van der Waals surface area contributed by atoms with Crippen LogP contribution in [0.1, 0.15) is 23.7 Å². The van der Waals surface area contributed by atoms with Gasteiger partial charge in [-0.2, -0.15) is 0 Å². The van der Waals surface area contributed by atoms with Crippen molar-refractivity contribution in [3.05, 3.63) is 59.5 Å². The number of aromatic nitrogens is 1. The molecule has 0 unspecified atom stereocenters. The third kappa shape index (κ3) is 4.95. The summed E-state index contributed by atoms with van der Waals surface area (Å²) in [5.41, 5.74) is 3.07. The quantitative estimate of drug-likeness (QED) is 0.588. The van der Waals surface area contributed by atoms with Crippen molar-refractivity contribution in [3.63, 3.8) is 0 Å². The maximum atomic E-state index is 12.4. The zero-order valence-electron chi connectivity index (χ0n) is 15.7. The number of hydrogen-bond donors (Lipinski definition) is 2. The highest BCUT2D eigenvalue weighted by Crippen LogP contribution is 2.26. The minimum Gasteiger partial charge on any atom is -0.497 e. The SMILES string of the molecule is CCC(=O)CNc1ccc(C(=O)Nc2nc(-c3ccc(OC)cc3)cs2)cc1. The fraction of sp³-hybridized carbons (Fsp3) is 0.190. The minimum atomic E-state index is -0.230. The molecular formula is C21H21N3O3S. The maximum absolute atomic E-state index is 12.4. The Morgan fingerprint density at radius 1 is 1.07 bits per heavy atom. The first kappa shape index (κ1) is 19.6. The molecule has 0 aliphatic rings. The van der Waals surface area contributed by atoms with Crippen LogP contribution in [-0.4, -0.2) is 30.3 Å². The van der Waals surface area contributed by atoms with E-state index < -0.39 is 0 Å². The van der Waals surface area contributed by atoms with Gasteiger partial charge in [-0.1, -0.05) is 6.92 Å². The van der Waals surface area contributed by atoms with Crippen LogP contribution in [0.3, 0.4) is 0 Å². The molecule has 6 nitrogen and oxygen atoms in total. The number of amides is 1. The highest BCUT2D eigenvalue weighted by Gasteiger charge is 2.10. The lowest BCUT2D eigenvalue weighted by molar-refractivity contribution is -0.117. The van der Waals surface area contributed by atoms with Gasteiger partial charge in [-0.15, -0.1) is 11.3 Å². The fourth-order valence-corrected chi connectivity index (χ4v) is 3.17. The standard InChI is InChI=1S/C21H21N3O3S/c1-3-17(25)12-22-16-8-4-15(5-9-16)20(26)24-21-23-19(13-28-21)14-6-10-18(27-2)11-7-14/h4-11,13,22H,3,12H2,1-2H3,(H,23,24,26). The molecule has 0 atom stereocenters. The number of benzene rings is 2. The molecule has 2 aromatic carbocycles. The van der Waals surface area contributed by atoms with E-state index in [1.54, 1.807) is 31.4 Å². The Hall–Kier alpha value is -3.19. The number of thiazole rings is 1. The Balaban J connectivity index is 1.61. The van der Waals surface area contributed by atoms with E-state index in [2.05, 4.69) is 15.6 Å². The van der Waals surface area contributed by atoms with E-state index >= 15 is 0 Å². The Kier molecular flexibility index (Phi) is 6.39. The predicted molar refractivity (Wildman–Crippen MR) is 112 cm³/mol. The number of anilines is 2. The molecule has 3 aromatic rings. The van der Waals surface area contributed by atoms with Gasteiger partial charge < -0.3 is 10.1 Å². The third-order valence-electron chi connectivity index (χ3n) is 4.14. The normalized spacial score (nSPS) is 10.4. The summed E-state index contributed by atoms with van der Waals surface area (Å²) < 4.78 is 5.16. The summed E-state index contributed by atoms with van der Waals surface area (Å²) in [4.78, 5) is 28.3. The van der Waals surface area contributed by atoms with Gasteiger partial charge in [-0.3, -0.25) is 14.9 Å². The van der Waals surface area contributed by atoms with Gasteiger partial charge in [0.1, 0.15) is 5.75 Å². The highest BCUT2D eigenvalue weighted by molar-refractivity contribution is 7.14. The number of carbonyl (C=O) groups is 2. The first-order chi connectivity index (χ1) is 13.6. The van der Waals surface area contributed by atoms with E-state index in [1.807, 2.05) is 36.6 Å². The molecule has 0 saturated heterocycles. The zero-order valence-corrected chi connectivity index (χ0v) is 16.5. The van der Waals surface area contributed by atoms with E-state index in [4.69, 9.17) is 4.74 Å². The fourth-order valence-electron chi connectivity index (χ4n) is 2.46. The van der Waals surface area contributed by atoms with Crippen LogP contribution >= 0.6 is 11.3 Å². The molecule has 1 aromatic heterocycles. The van der Waals surface area contributed by atoms with E-state index in [9.17, 15) is 9.59 Å². The number of rotatable bonds is 8. The number of nitrogens with one attached hydrogen (secondary N) is 2. The van der Waals surface area contributed by atoms with Gasteiger partial charge in [0.25, 0.3) is 5.91 Å². The van der Waals surface area contributed by atoms with Crippen molar-refractivity contribution >= 4 is 33.8 Å².